The van der Waals surface area contributed by atoms with Crippen LogP contribution < -0.4 is 11.1 Å². The van der Waals surface area contributed by atoms with E-state index in [1.807, 2.05) is 42.5 Å². The second-order valence-corrected chi connectivity index (χ2v) is 7.48. The fraction of sp³-hybridized carbons (Fsp3) is 0.273. The van der Waals surface area contributed by atoms with Crippen molar-refractivity contribution in [2.75, 3.05) is 5.73 Å². The molecule has 1 aromatic heterocycles. The molecule has 1 aliphatic rings. The molecule has 8 heteroatoms. The molecule has 160 valence electrons. The summed E-state index contributed by atoms with van der Waals surface area (Å²) in [5.41, 5.74) is 9.85. The van der Waals surface area contributed by atoms with Gasteiger partial charge in [-0.25, -0.2) is 4.98 Å². The van der Waals surface area contributed by atoms with Gasteiger partial charge in [0, 0.05) is 24.1 Å². The molecule has 1 unspecified atom stereocenters. The van der Waals surface area contributed by atoms with Gasteiger partial charge in [-0.15, -0.1) is 24.8 Å². The van der Waals surface area contributed by atoms with Crippen molar-refractivity contribution < 1.29 is 9.21 Å². The molecule has 1 atom stereocenters. The van der Waals surface area contributed by atoms with E-state index in [4.69, 9.17) is 21.8 Å². The molecule has 1 amide bonds. The highest BCUT2D eigenvalue weighted by atomic mass is 35.5. The normalized spacial score (nSPS) is 14.8. The number of hydrogen-bond acceptors (Lipinski definition) is 4. The van der Waals surface area contributed by atoms with Crippen molar-refractivity contribution in [1.29, 1.82) is 0 Å². The highest BCUT2D eigenvalue weighted by Gasteiger charge is 2.22. The zero-order valence-corrected chi connectivity index (χ0v) is 18.7. The zero-order chi connectivity index (χ0) is 19.5. The molecule has 5 nitrogen and oxygen atoms in total. The number of anilines is 1. The van der Waals surface area contributed by atoms with Crippen LogP contribution in [-0.2, 0) is 17.6 Å². The molecule has 0 bridgehead atoms. The van der Waals surface area contributed by atoms with E-state index >= 15 is 0 Å². The Labute approximate surface area is 193 Å². The molecule has 0 aliphatic heterocycles. The van der Waals surface area contributed by atoms with Crippen LogP contribution in [0.5, 0.6) is 0 Å². The summed E-state index contributed by atoms with van der Waals surface area (Å²) in [4.78, 5) is 16.7. The van der Waals surface area contributed by atoms with Gasteiger partial charge >= 0.3 is 0 Å². The molecule has 4 rings (SSSR count). The lowest BCUT2D eigenvalue weighted by Crippen LogP contribution is -2.31. The van der Waals surface area contributed by atoms with E-state index in [1.54, 1.807) is 6.20 Å². The molecule has 3 N–H and O–H groups in total. The quantitative estimate of drug-likeness (QED) is 0.481. The monoisotopic (exact) mass is 467 g/mol. The number of hydrogen-bond donors (Lipinski definition) is 2. The van der Waals surface area contributed by atoms with E-state index < -0.39 is 0 Å². The van der Waals surface area contributed by atoms with E-state index in [2.05, 4.69) is 10.3 Å². The van der Waals surface area contributed by atoms with Gasteiger partial charge in [0.05, 0.1) is 17.3 Å². The van der Waals surface area contributed by atoms with Crippen LogP contribution in [0, 0.1) is 0 Å². The van der Waals surface area contributed by atoms with Crippen molar-refractivity contribution in [1.82, 2.24) is 10.3 Å². The summed E-state index contributed by atoms with van der Waals surface area (Å²) in [6, 6.07) is 13.4. The van der Waals surface area contributed by atoms with Gasteiger partial charge in [-0.05, 0) is 54.7 Å². The third-order valence-electron chi connectivity index (χ3n) is 5.08. The highest BCUT2D eigenvalue weighted by Crippen LogP contribution is 2.31. The van der Waals surface area contributed by atoms with Crippen LogP contribution >= 0.6 is 36.4 Å². The number of nitrogens with one attached hydrogen (secondary N) is 1. The molecule has 0 spiro atoms. The Morgan fingerprint density at radius 3 is 2.83 bits per heavy atom. The smallest absolute Gasteiger partial charge is 0.220 e. The third-order valence-corrected chi connectivity index (χ3v) is 5.40. The van der Waals surface area contributed by atoms with Gasteiger partial charge in [0.25, 0.3) is 0 Å². The van der Waals surface area contributed by atoms with Gasteiger partial charge in [0.15, 0.2) is 11.7 Å². The summed E-state index contributed by atoms with van der Waals surface area (Å²) in [6.45, 7) is 0. The third kappa shape index (κ3) is 5.48. The fourth-order valence-corrected chi connectivity index (χ4v) is 3.91. The first-order valence-electron chi connectivity index (χ1n) is 9.47. The lowest BCUT2D eigenvalue weighted by atomic mass is 9.87. The first-order valence-corrected chi connectivity index (χ1v) is 9.85. The highest BCUT2D eigenvalue weighted by molar-refractivity contribution is 6.33. The number of halogens is 3. The van der Waals surface area contributed by atoms with Gasteiger partial charge < -0.3 is 15.5 Å². The molecule has 30 heavy (non-hydrogen) atoms. The number of rotatable bonds is 5. The summed E-state index contributed by atoms with van der Waals surface area (Å²) >= 11 is 6.20. The second kappa shape index (κ2) is 10.7. The summed E-state index contributed by atoms with van der Waals surface area (Å²) in [5, 5.41) is 3.75. The Hall–Kier alpha value is -2.21. The number of benzene rings is 2. The van der Waals surface area contributed by atoms with Crippen LogP contribution in [0.2, 0.25) is 5.02 Å². The number of amides is 1. The Bertz CT molecular complexity index is 1010. The molecule has 2 aromatic carbocycles. The van der Waals surface area contributed by atoms with E-state index in [0.717, 1.165) is 30.5 Å². The predicted molar refractivity (Wildman–Crippen MR) is 124 cm³/mol. The van der Waals surface area contributed by atoms with Crippen molar-refractivity contribution in [3.63, 3.8) is 0 Å². The summed E-state index contributed by atoms with van der Waals surface area (Å²) < 4.78 is 5.77. The van der Waals surface area contributed by atoms with Crippen LogP contribution in [0.4, 0.5) is 5.69 Å². The number of aromatic nitrogens is 1. The number of nitrogen functional groups attached to an aromatic ring is 1. The lowest BCUT2D eigenvalue weighted by Gasteiger charge is -2.26. The summed E-state index contributed by atoms with van der Waals surface area (Å²) in [6.07, 6.45) is 5.41. The Morgan fingerprint density at radius 1 is 1.23 bits per heavy atom. The SMILES string of the molecule is Cl.Cl.Nc1ccc2c(c1)CCCC2NC(=O)CCc1ncc(-c2ccccc2Cl)o1. The number of fused-ring (bicyclic) bond motifs is 1. The number of carbonyl (C=O) groups excluding carboxylic acids is 1. The minimum Gasteiger partial charge on any atom is -0.441 e. The predicted octanol–water partition coefficient (Wildman–Crippen LogP) is 5.55. The van der Waals surface area contributed by atoms with E-state index in [1.165, 1.54) is 11.1 Å². The van der Waals surface area contributed by atoms with Gasteiger partial charge in [0.2, 0.25) is 5.91 Å². The first kappa shape index (κ1) is 24.1. The Balaban J connectivity index is 0.00000160. The molecule has 0 saturated carbocycles. The summed E-state index contributed by atoms with van der Waals surface area (Å²) in [5.74, 6) is 1.13. The molecule has 1 heterocycles. The zero-order valence-electron chi connectivity index (χ0n) is 16.3. The standard InChI is InChI=1S/C22H22ClN3O2.2ClH/c23-18-6-2-1-5-17(18)20-13-25-22(28-20)11-10-21(27)26-19-7-3-4-14-12-15(24)8-9-16(14)19;;/h1-2,5-6,8-9,12-13,19H,3-4,7,10-11,24H2,(H,26,27);2*1H. The van der Waals surface area contributed by atoms with Crippen LogP contribution in [0.15, 0.2) is 53.1 Å². The van der Waals surface area contributed by atoms with E-state index in [9.17, 15) is 4.79 Å². The molecule has 0 fully saturated rings. The molecular formula is C22H24Cl3N3O2. The van der Waals surface area contributed by atoms with Gasteiger partial charge in [-0.3, -0.25) is 4.79 Å². The first-order chi connectivity index (χ1) is 13.6. The summed E-state index contributed by atoms with van der Waals surface area (Å²) in [7, 11) is 0. The molecule has 0 radical (unpaired) electrons. The average molecular weight is 469 g/mol. The average Bonchev–Trinajstić information content (AvgIpc) is 3.15. The van der Waals surface area contributed by atoms with Crippen LogP contribution in [0.1, 0.15) is 42.3 Å². The Morgan fingerprint density at radius 2 is 2.03 bits per heavy atom. The van der Waals surface area contributed by atoms with Gasteiger partial charge in [0.1, 0.15) is 0 Å². The van der Waals surface area contributed by atoms with Crippen molar-refractivity contribution >= 4 is 48.0 Å². The van der Waals surface area contributed by atoms with Crippen molar-refractivity contribution in [3.8, 4) is 11.3 Å². The van der Waals surface area contributed by atoms with Crippen LogP contribution in [-0.4, -0.2) is 10.9 Å². The van der Waals surface area contributed by atoms with Crippen LogP contribution in [0.3, 0.4) is 0 Å². The minimum atomic E-state index is -0.00725. The number of aryl methyl sites for hydroxylation is 2. The number of nitrogens with two attached hydrogens (primary N) is 1. The lowest BCUT2D eigenvalue weighted by molar-refractivity contribution is -0.122. The van der Waals surface area contributed by atoms with Gasteiger partial charge in [-0.2, -0.15) is 0 Å². The molecule has 1 aliphatic carbocycles. The van der Waals surface area contributed by atoms with Crippen LogP contribution in [0.25, 0.3) is 11.3 Å². The van der Waals surface area contributed by atoms with Crippen molar-refractivity contribution in [2.24, 2.45) is 0 Å². The number of nitrogens with zero attached hydrogens (tertiary/aromatic N) is 1. The topological polar surface area (TPSA) is 81.1 Å². The molecule has 0 saturated heterocycles. The molecular weight excluding hydrogens is 445 g/mol. The second-order valence-electron chi connectivity index (χ2n) is 7.07. The Kier molecular flexibility index (Phi) is 8.59. The fourth-order valence-electron chi connectivity index (χ4n) is 3.68. The maximum Gasteiger partial charge on any atom is 0.220 e. The van der Waals surface area contributed by atoms with Crippen molar-refractivity contribution in [3.05, 3.63) is 70.7 Å². The van der Waals surface area contributed by atoms with Crippen molar-refractivity contribution in [2.45, 2.75) is 38.1 Å². The van der Waals surface area contributed by atoms with E-state index in [0.29, 0.717) is 29.5 Å². The van der Waals surface area contributed by atoms with Gasteiger partial charge in [-0.1, -0.05) is 29.8 Å². The minimum absolute atomic E-state index is 0. The number of carbonyl (C=O) groups is 1. The maximum atomic E-state index is 12.5. The maximum absolute atomic E-state index is 12.5. The largest absolute Gasteiger partial charge is 0.441 e. The number of oxazole rings is 1. The molecule has 3 aromatic rings. The van der Waals surface area contributed by atoms with E-state index in [-0.39, 0.29) is 36.8 Å².